The SMILES string of the molecule is COc1ccc(S(=O)(=O)N2CCCC(NS(C)(=O)=O)C2)cc1Br. The van der Waals surface area contributed by atoms with Gasteiger partial charge in [0.05, 0.1) is 22.7 Å². The van der Waals surface area contributed by atoms with Crippen molar-refractivity contribution in [1.82, 2.24) is 9.03 Å². The molecule has 1 heterocycles. The van der Waals surface area contributed by atoms with Crippen LogP contribution in [0.25, 0.3) is 0 Å². The second-order valence-corrected chi connectivity index (χ2v) is 9.96. The van der Waals surface area contributed by atoms with Gasteiger partial charge < -0.3 is 4.74 Å². The summed E-state index contributed by atoms with van der Waals surface area (Å²) in [5, 5.41) is 0. The fourth-order valence-electron chi connectivity index (χ4n) is 2.52. The minimum atomic E-state index is -3.69. The molecule has 0 aromatic heterocycles. The van der Waals surface area contributed by atoms with Gasteiger partial charge in [0, 0.05) is 19.1 Å². The van der Waals surface area contributed by atoms with E-state index in [-0.39, 0.29) is 11.4 Å². The van der Waals surface area contributed by atoms with Gasteiger partial charge >= 0.3 is 0 Å². The standard InChI is InChI=1S/C13H19BrN2O5S2/c1-21-13-6-5-11(8-12(13)14)23(19,20)16-7-3-4-10(9-16)15-22(2,17)18/h5-6,8,10,15H,3-4,7,9H2,1-2H3. The van der Waals surface area contributed by atoms with Crippen molar-refractivity contribution < 1.29 is 21.6 Å². The molecule has 0 radical (unpaired) electrons. The molecular formula is C13H19BrN2O5S2. The molecule has 0 bridgehead atoms. The first-order valence-electron chi connectivity index (χ1n) is 6.94. The smallest absolute Gasteiger partial charge is 0.243 e. The molecule has 1 unspecified atom stereocenters. The van der Waals surface area contributed by atoms with Crippen LogP contribution in [0.3, 0.4) is 0 Å². The maximum absolute atomic E-state index is 12.7. The topological polar surface area (TPSA) is 92.8 Å². The zero-order valence-electron chi connectivity index (χ0n) is 12.8. The molecule has 0 aliphatic carbocycles. The van der Waals surface area contributed by atoms with Crippen LogP contribution in [-0.2, 0) is 20.0 Å². The van der Waals surface area contributed by atoms with Crippen LogP contribution in [0.4, 0.5) is 0 Å². The highest BCUT2D eigenvalue weighted by molar-refractivity contribution is 9.10. The van der Waals surface area contributed by atoms with Crippen LogP contribution >= 0.6 is 15.9 Å². The number of ether oxygens (including phenoxy) is 1. The number of piperidine rings is 1. The van der Waals surface area contributed by atoms with Crippen molar-refractivity contribution in [3.05, 3.63) is 22.7 Å². The van der Waals surface area contributed by atoms with Crippen molar-refractivity contribution in [1.29, 1.82) is 0 Å². The quantitative estimate of drug-likeness (QED) is 0.762. The zero-order valence-corrected chi connectivity index (χ0v) is 16.0. The summed E-state index contributed by atoms with van der Waals surface area (Å²) >= 11 is 3.28. The maximum atomic E-state index is 12.7. The largest absolute Gasteiger partial charge is 0.496 e. The molecule has 1 N–H and O–H groups in total. The third kappa shape index (κ3) is 4.66. The number of sulfonamides is 2. The first-order chi connectivity index (χ1) is 10.6. The van der Waals surface area contributed by atoms with Gasteiger partial charge in [-0.15, -0.1) is 0 Å². The molecular weight excluding hydrogens is 408 g/mol. The van der Waals surface area contributed by atoms with Crippen LogP contribution in [0.2, 0.25) is 0 Å². The summed E-state index contributed by atoms with van der Waals surface area (Å²) in [7, 11) is -5.55. The Morgan fingerprint density at radius 3 is 2.57 bits per heavy atom. The number of hydrogen-bond donors (Lipinski definition) is 1. The van der Waals surface area contributed by atoms with Gasteiger partial charge in [-0.25, -0.2) is 21.6 Å². The molecule has 1 aliphatic heterocycles. The van der Waals surface area contributed by atoms with Crippen molar-refractivity contribution in [2.24, 2.45) is 0 Å². The van der Waals surface area contributed by atoms with E-state index >= 15 is 0 Å². The molecule has 0 spiro atoms. The Labute approximate surface area is 145 Å². The lowest BCUT2D eigenvalue weighted by atomic mass is 10.1. The van der Waals surface area contributed by atoms with Gasteiger partial charge in [0.15, 0.2) is 0 Å². The summed E-state index contributed by atoms with van der Waals surface area (Å²) in [4.78, 5) is 0.144. The highest BCUT2D eigenvalue weighted by Crippen LogP contribution is 2.29. The molecule has 1 saturated heterocycles. The normalized spacial score (nSPS) is 20.4. The highest BCUT2D eigenvalue weighted by atomic mass is 79.9. The van der Waals surface area contributed by atoms with Crippen LogP contribution in [-0.4, -0.2) is 53.6 Å². The number of methoxy groups -OCH3 is 1. The predicted molar refractivity (Wildman–Crippen MR) is 90.5 cm³/mol. The lowest BCUT2D eigenvalue weighted by molar-refractivity contribution is 0.303. The zero-order chi connectivity index (χ0) is 17.3. The average Bonchev–Trinajstić information content (AvgIpc) is 2.45. The Morgan fingerprint density at radius 1 is 1.30 bits per heavy atom. The van der Waals surface area contributed by atoms with E-state index in [0.29, 0.717) is 29.6 Å². The van der Waals surface area contributed by atoms with Crippen molar-refractivity contribution in [3.8, 4) is 5.75 Å². The van der Waals surface area contributed by atoms with E-state index in [0.717, 1.165) is 6.26 Å². The van der Waals surface area contributed by atoms with Gasteiger partial charge in [-0.05, 0) is 47.0 Å². The Morgan fingerprint density at radius 2 is 2.00 bits per heavy atom. The molecule has 1 aliphatic rings. The van der Waals surface area contributed by atoms with Crippen LogP contribution in [0.5, 0.6) is 5.75 Å². The van der Waals surface area contributed by atoms with E-state index in [9.17, 15) is 16.8 Å². The van der Waals surface area contributed by atoms with Crippen molar-refractivity contribution in [3.63, 3.8) is 0 Å². The molecule has 1 atom stereocenters. The van der Waals surface area contributed by atoms with Crippen molar-refractivity contribution in [2.45, 2.75) is 23.8 Å². The second-order valence-electron chi connectivity index (χ2n) is 5.39. The third-order valence-corrected chi connectivity index (χ3v) is 6.77. The number of rotatable bonds is 5. The van der Waals surface area contributed by atoms with Crippen LogP contribution in [0.1, 0.15) is 12.8 Å². The summed E-state index contributed by atoms with van der Waals surface area (Å²) in [6.07, 6.45) is 2.29. The Balaban J connectivity index is 2.23. The Hall–Kier alpha value is -0.680. The minimum Gasteiger partial charge on any atom is -0.496 e. The van der Waals surface area contributed by atoms with E-state index in [4.69, 9.17) is 4.74 Å². The first kappa shape index (κ1) is 18.7. The van der Waals surface area contributed by atoms with Crippen LogP contribution < -0.4 is 9.46 Å². The monoisotopic (exact) mass is 426 g/mol. The van der Waals surface area contributed by atoms with Gasteiger partial charge in [-0.2, -0.15) is 4.31 Å². The predicted octanol–water partition coefficient (Wildman–Crippen LogP) is 1.16. The van der Waals surface area contributed by atoms with Gasteiger partial charge in [0.1, 0.15) is 5.75 Å². The number of nitrogens with zero attached hydrogens (tertiary/aromatic N) is 1. The van der Waals surface area contributed by atoms with Crippen LogP contribution in [0.15, 0.2) is 27.6 Å². The fraction of sp³-hybridized carbons (Fsp3) is 0.538. The van der Waals surface area contributed by atoms with E-state index in [1.807, 2.05) is 0 Å². The average molecular weight is 427 g/mol. The molecule has 1 aromatic rings. The van der Waals surface area contributed by atoms with E-state index in [1.165, 1.54) is 23.5 Å². The van der Waals surface area contributed by atoms with Gasteiger partial charge in [0.25, 0.3) is 0 Å². The summed E-state index contributed by atoms with van der Waals surface area (Å²) in [5.41, 5.74) is 0. The lowest BCUT2D eigenvalue weighted by Crippen LogP contribution is -2.49. The van der Waals surface area contributed by atoms with Crippen molar-refractivity contribution in [2.75, 3.05) is 26.5 Å². The summed E-state index contributed by atoms with van der Waals surface area (Å²) in [6.45, 7) is 0.493. The number of hydrogen-bond acceptors (Lipinski definition) is 5. The summed E-state index contributed by atoms with van der Waals surface area (Å²) in [5.74, 6) is 0.541. The van der Waals surface area contributed by atoms with Crippen LogP contribution in [0, 0.1) is 0 Å². The first-order valence-corrected chi connectivity index (χ1v) is 11.1. The second kappa shape index (κ2) is 7.06. The molecule has 10 heteroatoms. The Bertz CT molecular complexity index is 780. The molecule has 1 aromatic carbocycles. The summed E-state index contributed by atoms with van der Waals surface area (Å²) < 4.78 is 57.6. The molecule has 23 heavy (non-hydrogen) atoms. The van der Waals surface area contributed by atoms with E-state index in [1.54, 1.807) is 6.07 Å². The van der Waals surface area contributed by atoms with Gasteiger partial charge in [-0.3, -0.25) is 0 Å². The number of nitrogens with one attached hydrogen (secondary N) is 1. The summed E-state index contributed by atoms with van der Waals surface area (Å²) in [6, 6.07) is 4.14. The van der Waals surface area contributed by atoms with E-state index < -0.39 is 26.1 Å². The van der Waals surface area contributed by atoms with Gasteiger partial charge in [0.2, 0.25) is 20.0 Å². The molecule has 2 rings (SSSR count). The molecule has 0 amide bonds. The number of halogens is 1. The maximum Gasteiger partial charge on any atom is 0.243 e. The molecule has 7 nitrogen and oxygen atoms in total. The van der Waals surface area contributed by atoms with Gasteiger partial charge in [-0.1, -0.05) is 0 Å². The van der Waals surface area contributed by atoms with E-state index in [2.05, 4.69) is 20.7 Å². The molecule has 0 saturated carbocycles. The molecule has 130 valence electrons. The van der Waals surface area contributed by atoms with Crippen molar-refractivity contribution >= 4 is 36.0 Å². The minimum absolute atomic E-state index is 0.124. The fourth-order valence-corrected chi connectivity index (χ4v) is 5.56. The third-order valence-electron chi connectivity index (χ3n) is 3.53. The highest BCUT2D eigenvalue weighted by Gasteiger charge is 2.31. The molecule has 1 fully saturated rings. The lowest BCUT2D eigenvalue weighted by Gasteiger charge is -2.32. The number of benzene rings is 1. The Kier molecular flexibility index (Phi) is 5.72.